The number of furan rings is 1. The van der Waals surface area contributed by atoms with Crippen LogP contribution < -0.4 is 20.3 Å². The number of aromatic nitrogens is 1. The molecule has 2 atom stereocenters. The lowest BCUT2D eigenvalue weighted by atomic mass is 9.95. The van der Waals surface area contributed by atoms with Gasteiger partial charge in [-0.05, 0) is 66.8 Å². The number of anilines is 2. The van der Waals surface area contributed by atoms with E-state index in [0.717, 1.165) is 11.4 Å². The number of amides is 1. The molecule has 2 aromatic heterocycles. The van der Waals surface area contributed by atoms with Gasteiger partial charge in [-0.3, -0.25) is 9.78 Å². The number of hydrogen-bond donors (Lipinski definition) is 2. The van der Waals surface area contributed by atoms with Crippen molar-refractivity contribution in [1.29, 1.82) is 0 Å². The van der Waals surface area contributed by atoms with Gasteiger partial charge in [0.05, 0.1) is 30.1 Å². The van der Waals surface area contributed by atoms with Gasteiger partial charge in [0.1, 0.15) is 29.1 Å². The maximum Gasteiger partial charge on any atom is 0.229 e. The third-order valence-electron chi connectivity index (χ3n) is 6.61. The Morgan fingerprint density at radius 3 is 2.62 bits per heavy atom. The van der Waals surface area contributed by atoms with Crippen molar-refractivity contribution in [2.75, 3.05) is 17.3 Å². The molecule has 1 saturated heterocycles. The quantitative estimate of drug-likeness (QED) is 0.217. The average Bonchev–Trinajstić information content (AvgIpc) is 3.53. The Labute approximate surface area is 245 Å². The van der Waals surface area contributed by atoms with E-state index in [9.17, 15) is 9.18 Å². The maximum absolute atomic E-state index is 14.8. The number of nitrogens with zero attached hydrogens (tertiary/aromatic N) is 2. The minimum Gasteiger partial charge on any atom is -0.494 e. The summed E-state index contributed by atoms with van der Waals surface area (Å²) >= 11 is 9.11. The molecule has 0 radical (unpaired) electrons. The van der Waals surface area contributed by atoms with Crippen molar-refractivity contribution in [3.63, 3.8) is 0 Å². The van der Waals surface area contributed by atoms with Crippen molar-refractivity contribution in [2.24, 2.45) is 5.41 Å². The van der Waals surface area contributed by atoms with E-state index in [4.69, 9.17) is 21.4 Å². The summed E-state index contributed by atoms with van der Waals surface area (Å²) in [6.45, 7) is 5.53. The van der Waals surface area contributed by atoms with Crippen molar-refractivity contribution in [2.45, 2.75) is 32.9 Å². The Kier molecular flexibility index (Phi) is 7.65. The molecule has 0 bridgehead atoms. The normalized spacial score (nSPS) is 17.1. The largest absolute Gasteiger partial charge is 0.494 e. The first-order valence-electron chi connectivity index (χ1n) is 12.6. The molecule has 0 aliphatic carbocycles. The molecule has 0 unspecified atom stereocenters. The van der Waals surface area contributed by atoms with E-state index in [1.54, 1.807) is 37.6 Å². The summed E-state index contributed by atoms with van der Waals surface area (Å²) < 4.78 is 27.3. The number of thiocarbonyl (C=S) groups is 1. The van der Waals surface area contributed by atoms with Gasteiger partial charge in [-0.15, -0.1) is 0 Å². The average molecular weight is 624 g/mol. The van der Waals surface area contributed by atoms with Gasteiger partial charge in [0.15, 0.2) is 5.11 Å². The molecular formula is C30H28BrFN4O3S. The number of nitrogens with one attached hydrogen (secondary N) is 2. The Bertz CT molecular complexity index is 1570. The van der Waals surface area contributed by atoms with E-state index >= 15 is 0 Å². The van der Waals surface area contributed by atoms with Gasteiger partial charge in [0, 0.05) is 27.8 Å². The predicted octanol–water partition coefficient (Wildman–Crippen LogP) is 7.41. The number of methoxy groups -OCH3 is 1. The summed E-state index contributed by atoms with van der Waals surface area (Å²) in [5.74, 6) is 0.925. The Hall–Kier alpha value is -3.76. The highest BCUT2D eigenvalue weighted by atomic mass is 79.9. The summed E-state index contributed by atoms with van der Waals surface area (Å²) in [4.78, 5) is 19.1. The standard InChI is InChI=1S/C30H28BrFN4O3S/c1-30(2,3)28(37)34-21-11-9-18(16-25(21)38-4)36-27(26(35-29(36)40)22-7-5-6-14-33-22)24-13-12-23(39-24)19-10-8-17(31)15-20(19)32/h5-16,26-27H,1-4H3,(H,34,37)(H,35,40)/t26-,27-/m1/s1. The lowest BCUT2D eigenvalue weighted by molar-refractivity contribution is -0.123. The zero-order valence-corrected chi connectivity index (χ0v) is 24.8. The van der Waals surface area contributed by atoms with Crippen LogP contribution in [0.25, 0.3) is 11.3 Å². The molecule has 40 heavy (non-hydrogen) atoms. The lowest BCUT2D eigenvalue weighted by Crippen LogP contribution is -2.30. The highest BCUT2D eigenvalue weighted by Gasteiger charge is 2.43. The number of ether oxygens (including phenoxy) is 1. The molecule has 5 rings (SSSR count). The third-order valence-corrected chi connectivity index (χ3v) is 7.41. The fourth-order valence-electron chi connectivity index (χ4n) is 4.51. The zero-order chi connectivity index (χ0) is 28.6. The fourth-order valence-corrected chi connectivity index (χ4v) is 5.19. The second-order valence-electron chi connectivity index (χ2n) is 10.4. The number of rotatable bonds is 6. The van der Waals surface area contributed by atoms with Gasteiger partial charge < -0.3 is 24.7 Å². The summed E-state index contributed by atoms with van der Waals surface area (Å²) in [5, 5.41) is 6.78. The molecule has 0 spiro atoms. The van der Waals surface area contributed by atoms with E-state index in [1.165, 1.54) is 6.07 Å². The van der Waals surface area contributed by atoms with Crippen molar-refractivity contribution >= 4 is 50.5 Å². The van der Waals surface area contributed by atoms with Gasteiger partial charge in [0.25, 0.3) is 0 Å². The molecule has 4 aromatic rings. The van der Waals surface area contributed by atoms with Crippen molar-refractivity contribution < 1.29 is 18.3 Å². The molecule has 206 valence electrons. The number of hydrogen-bond acceptors (Lipinski definition) is 5. The van der Waals surface area contributed by atoms with E-state index in [0.29, 0.717) is 38.1 Å². The van der Waals surface area contributed by atoms with E-state index < -0.39 is 17.3 Å². The van der Waals surface area contributed by atoms with Crippen LogP contribution in [0.5, 0.6) is 5.75 Å². The summed E-state index contributed by atoms with van der Waals surface area (Å²) in [5.41, 5.74) is 1.82. The van der Waals surface area contributed by atoms with Crippen LogP contribution in [0, 0.1) is 11.2 Å². The maximum atomic E-state index is 14.8. The topological polar surface area (TPSA) is 79.6 Å². The van der Waals surface area contributed by atoms with Gasteiger partial charge in [0.2, 0.25) is 5.91 Å². The first-order valence-corrected chi connectivity index (χ1v) is 13.8. The Morgan fingerprint density at radius 1 is 1.15 bits per heavy atom. The highest BCUT2D eigenvalue weighted by Crippen LogP contribution is 2.44. The Balaban J connectivity index is 1.57. The Morgan fingerprint density at radius 2 is 1.95 bits per heavy atom. The highest BCUT2D eigenvalue weighted by molar-refractivity contribution is 9.10. The molecule has 2 N–H and O–H groups in total. The van der Waals surface area contributed by atoms with Crippen molar-refractivity contribution in [3.05, 3.63) is 94.7 Å². The van der Waals surface area contributed by atoms with Crippen LogP contribution in [0.3, 0.4) is 0 Å². The molecule has 1 aliphatic rings. The van der Waals surface area contributed by atoms with Crippen LogP contribution in [0.4, 0.5) is 15.8 Å². The monoisotopic (exact) mass is 622 g/mol. The van der Waals surface area contributed by atoms with Crippen LogP contribution in [0.2, 0.25) is 0 Å². The molecule has 7 nitrogen and oxygen atoms in total. The second-order valence-corrected chi connectivity index (χ2v) is 11.7. The van der Waals surface area contributed by atoms with Gasteiger partial charge in [-0.1, -0.05) is 42.8 Å². The third kappa shape index (κ3) is 5.46. The molecule has 0 saturated carbocycles. The summed E-state index contributed by atoms with van der Waals surface area (Å²) in [6, 6.07) is 18.8. The number of carbonyl (C=O) groups is 1. The molecule has 1 amide bonds. The number of carbonyl (C=O) groups excluding carboxylic acids is 1. The van der Waals surface area contributed by atoms with Gasteiger partial charge in [-0.25, -0.2) is 4.39 Å². The van der Waals surface area contributed by atoms with E-state index in [1.807, 2.05) is 62.1 Å². The number of benzene rings is 2. The molecular weight excluding hydrogens is 595 g/mol. The number of pyridine rings is 1. The lowest BCUT2D eigenvalue weighted by Gasteiger charge is -2.27. The summed E-state index contributed by atoms with van der Waals surface area (Å²) in [6.07, 6.45) is 1.72. The van der Waals surface area contributed by atoms with Crippen LogP contribution >= 0.6 is 28.1 Å². The van der Waals surface area contributed by atoms with E-state index in [2.05, 4.69) is 31.5 Å². The van der Waals surface area contributed by atoms with Gasteiger partial charge >= 0.3 is 0 Å². The predicted molar refractivity (Wildman–Crippen MR) is 161 cm³/mol. The molecule has 1 aliphatic heterocycles. The van der Waals surface area contributed by atoms with Crippen LogP contribution in [0.1, 0.15) is 44.3 Å². The van der Waals surface area contributed by atoms with Crippen LogP contribution in [-0.4, -0.2) is 23.1 Å². The van der Waals surface area contributed by atoms with Gasteiger partial charge in [-0.2, -0.15) is 0 Å². The van der Waals surface area contributed by atoms with Crippen molar-refractivity contribution in [1.82, 2.24) is 10.3 Å². The SMILES string of the molecule is COc1cc(N2C(=S)N[C@H](c3ccccn3)[C@H]2c2ccc(-c3ccc(Br)cc3F)o2)ccc1NC(=O)C(C)(C)C. The second kappa shape index (κ2) is 11.0. The fraction of sp³-hybridized carbons (Fsp3) is 0.233. The molecule has 2 aromatic carbocycles. The van der Waals surface area contributed by atoms with E-state index in [-0.39, 0.29) is 11.9 Å². The smallest absolute Gasteiger partial charge is 0.229 e. The summed E-state index contributed by atoms with van der Waals surface area (Å²) in [7, 11) is 1.55. The molecule has 10 heteroatoms. The molecule has 1 fully saturated rings. The van der Waals surface area contributed by atoms with Crippen molar-refractivity contribution in [3.8, 4) is 17.1 Å². The zero-order valence-electron chi connectivity index (χ0n) is 22.4. The molecule has 3 heterocycles. The minimum atomic E-state index is -0.573. The number of halogens is 2. The van der Waals surface area contributed by atoms with Crippen LogP contribution in [-0.2, 0) is 4.79 Å². The minimum absolute atomic E-state index is 0.131. The first kappa shape index (κ1) is 27.8. The van der Waals surface area contributed by atoms with Crippen LogP contribution in [0.15, 0.2) is 81.8 Å². The first-order chi connectivity index (χ1) is 19.1.